The van der Waals surface area contributed by atoms with Crippen molar-refractivity contribution < 1.29 is 24.2 Å². The molecule has 0 saturated heterocycles. The van der Waals surface area contributed by atoms with Crippen LogP contribution in [0.2, 0.25) is 19.6 Å². The SMILES string of the molecule is CC(OOC(=O)Oc1ccc([N+](=O)[O-])cc1)[Si](C)(C)C. The number of ether oxygens (including phenoxy) is 1. The second-order valence-electron chi connectivity index (χ2n) is 5.29. The summed E-state index contributed by atoms with van der Waals surface area (Å²) in [7, 11) is -1.57. The number of rotatable bonds is 5. The number of non-ortho nitro benzene ring substituents is 1. The molecule has 0 amide bonds. The van der Waals surface area contributed by atoms with Crippen LogP contribution >= 0.6 is 0 Å². The second kappa shape index (κ2) is 6.48. The topological polar surface area (TPSA) is 87.9 Å². The Morgan fingerprint density at radius 1 is 1.25 bits per heavy atom. The van der Waals surface area contributed by atoms with Crippen molar-refractivity contribution in [3.05, 3.63) is 34.4 Å². The molecular formula is C12H17NO6Si. The summed E-state index contributed by atoms with van der Waals surface area (Å²) in [5.74, 6) is 0.143. The predicted octanol–water partition coefficient (Wildman–Crippen LogP) is 3.31. The van der Waals surface area contributed by atoms with E-state index in [1.807, 2.05) is 6.92 Å². The molecule has 0 aromatic heterocycles. The fraction of sp³-hybridized carbons (Fsp3) is 0.417. The molecule has 0 heterocycles. The first kappa shape index (κ1) is 16.1. The van der Waals surface area contributed by atoms with Crippen molar-refractivity contribution >= 4 is 19.9 Å². The Hall–Kier alpha value is -1.93. The van der Waals surface area contributed by atoms with Crippen molar-refractivity contribution in [3.8, 4) is 5.75 Å². The largest absolute Gasteiger partial charge is 0.546 e. The van der Waals surface area contributed by atoms with Gasteiger partial charge in [-0.05, 0) is 19.1 Å². The summed E-state index contributed by atoms with van der Waals surface area (Å²) < 4.78 is 4.82. The van der Waals surface area contributed by atoms with E-state index in [1.54, 1.807) is 0 Å². The van der Waals surface area contributed by atoms with Crippen LogP contribution in [0.25, 0.3) is 0 Å². The van der Waals surface area contributed by atoms with Crippen molar-refractivity contribution in [1.29, 1.82) is 0 Å². The van der Waals surface area contributed by atoms with Crippen LogP contribution in [0, 0.1) is 10.1 Å². The number of carbonyl (C=O) groups excluding carboxylic acids is 1. The van der Waals surface area contributed by atoms with Crippen LogP contribution < -0.4 is 4.74 Å². The van der Waals surface area contributed by atoms with Crippen molar-refractivity contribution in [2.45, 2.75) is 32.3 Å². The molecule has 1 aromatic carbocycles. The van der Waals surface area contributed by atoms with E-state index < -0.39 is 19.2 Å². The number of hydrogen-bond donors (Lipinski definition) is 0. The maximum Gasteiger partial charge on any atom is 0.546 e. The summed E-state index contributed by atoms with van der Waals surface area (Å²) >= 11 is 0. The average Bonchev–Trinajstić information content (AvgIpc) is 2.35. The quantitative estimate of drug-likeness (QED) is 0.207. The Labute approximate surface area is 117 Å². The van der Waals surface area contributed by atoms with Gasteiger partial charge in [-0.25, -0.2) is 4.79 Å². The van der Waals surface area contributed by atoms with Gasteiger partial charge in [0.2, 0.25) is 0 Å². The maximum absolute atomic E-state index is 11.4. The third-order valence-electron chi connectivity index (χ3n) is 2.73. The fourth-order valence-corrected chi connectivity index (χ4v) is 1.34. The summed E-state index contributed by atoms with van der Waals surface area (Å²) in [5.41, 5.74) is -0.263. The van der Waals surface area contributed by atoms with E-state index in [9.17, 15) is 14.9 Å². The highest BCUT2D eigenvalue weighted by atomic mass is 28.3. The molecule has 0 N–H and O–H groups in total. The van der Waals surface area contributed by atoms with E-state index in [-0.39, 0.29) is 17.2 Å². The third kappa shape index (κ3) is 4.98. The lowest BCUT2D eigenvalue weighted by molar-refractivity contribution is -0.384. The Bertz CT molecular complexity index is 482. The van der Waals surface area contributed by atoms with Gasteiger partial charge < -0.3 is 4.74 Å². The van der Waals surface area contributed by atoms with Crippen molar-refractivity contribution in [3.63, 3.8) is 0 Å². The molecule has 0 fully saturated rings. The zero-order valence-electron chi connectivity index (χ0n) is 11.8. The number of nitro benzene ring substituents is 1. The number of carbonyl (C=O) groups is 1. The zero-order chi connectivity index (χ0) is 15.3. The van der Waals surface area contributed by atoms with E-state index in [2.05, 4.69) is 24.5 Å². The molecule has 7 nitrogen and oxygen atoms in total. The lowest BCUT2D eigenvalue weighted by atomic mass is 10.3. The normalized spacial score (nSPS) is 12.6. The van der Waals surface area contributed by atoms with Gasteiger partial charge in [-0.15, -0.1) is 0 Å². The van der Waals surface area contributed by atoms with Gasteiger partial charge in [0.1, 0.15) is 5.75 Å². The van der Waals surface area contributed by atoms with Gasteiger partial charge >= 0.3 is 6.16 Å². The maximum atomic E-state index is 11.4. The highest BCUT2D eigenvalue weighted by molar-refractivity contribution is 6.77. The summed E-state index contributed by atoms with van der Waals surface area (Å²) in [6.45, 7) is 8.04. The number of nitrogens with zero attached hydrogens (tertiary/aromatic N) is 1. The molecule has 20 heavy (non-hydrogen) atoms. The molecule has 0 radical (unpaired) electrons. The molecule has 1 atom stereocenters. The first-order chi connectivity index (χ1) is 9.20. The smallest absolute Gasteiger partial charge is 0.393 e. The summed E-state index contributed by atoms with van der Waals surface area (Å²) in [5, 5.41) is 10.5. The number of benzene rings is 1. The molecule has 0 aliphatic rings. The van der Waals surface area contributed by atoms with Crippen LogP contribution in [0.1, 0.15) is 6.92 Å². The molecule has 1 aromatic rings. The number of hydrogen-bond acceptors (Lipinski definition) is 6. The van der Waals surface area contributed by atoms with Gasteiger partial charge in [0.15, 0.2) is 0 Å². The Morgan fingerprint density at radius 2 is 1.80 bits per heavy atom. The van der Waals surface area contributed by atoms with Crippen LogP contribution in [0.5, 0.6) is 5.75 Å². The molecular weight excluding hydrogens is 282 g/mol. The average molecular weight is 299 g/mol. The van der Waals surface area contributed by atoms with Crippen LogP contribution in [-0.4, -0.2) is 24.9 Å². The molecule has 110 valence electrons. The highest BCUT2D eigenvalue weighted by Gasteiger charge is 2.26. The molecule has 0 spiro atoms. The van der Waals surface area contributed by atoms with Crippen LogP contribution in [-0.2, 0) is 9.78 Å². The van der Waals surface area contributed by atoms with E-state index in [1.165, 1.54) is 24.3 Å². The van der Waals surface area contributed by atoms with Gasteiger partial charge in [0.25, 0.3) is 5.69 Å². The summed E-state index contributed by atoms with van der Waals surface area (Å²) in [4.78, 5) is 30.8. The van der Waals surface area contributed by atoms with Crippen LogP contribution in [0.15, 0.2) is 24.3 Å². The summed E-state index contributed by atoms with van der Waals surface area (Å²) in [6, 6.07) is 5.07. The van der Waals surface area contributed by atoms with Crippen molar-refractivity contribution in [2.75, 3.05) is 0 Å². The van der Waals surface area contributed by atoms with Gasteiger partial charge in [-0.3, -0.25) is 15.0 Å². The first-order valence-electron chi connectivity index (χ1n) is 6.00. The number of nitro groups is 1. The predicted molar refractivity (Wildman–Crippen MR) is 74.1 cm³/mol. The fourth-order valence-electron chi connectivity index (χ4n) is 1.00. The Kier molecular flexibility index (Phi) is 5.23. The molecule has 0 saturated carbocycles. The van der Waals surface area contributed by atoms with E-state index in [0.29, 0.717) is 0 Å². The molecule has 1 unspecified atom stereocenters. The Balaban J connectivity index is 2.48. The molecule has 1 rings (SSSR count). The lowest BCUT2D eigenvalue weighted by Crippen LogP contribution is -2.38. The van der Waals surface area contributed by atoms with Gasteiger partial charge in [-0.1, -0.05) is 19.6 Å². The molecule has 0 aliphatic heterocycles. The van der Waals surface area contributed by atoms with Gasteiger partial charge in [0.05, 0.1) is 18.7 Å². The van der Waals surface area contributed by atoms with E-state index >= 15 is 0 Å². The summed E-state index contributed by atoms with van der Waals surface area (Å²) in [6.07, 6.45) is -1.01. The minimum absolute atomic E-state index is 0.0886. The molecule has 0 bridgehead atoms. The monoisotopic (exact) mass is 299 g/mol. The van der Waals surface area contributed by atoms with E-state index in [4.69, 9.17) is 9.62 Å². The Morgan fingerprint density at radius 3 is 2.25 bits per heavy atom. The van der Waals surface area contributed by atoms with Gasteiger partial charge in [-0.2, -0.15) is 4.89 Å². The third-order valence-corrected chi connectivity index (χ3v) is 5.26. The standard InChI is InChI=1S/C12H17NO6Si/c1-9(20(2,3)4)18-19-12(14)17-11-7-5-10(6-8-11)13(15)16/h5-9H,1-4H3. The van der Waals surface area contributed by atoms with Crippen molar-refractivity contribution in [2.24, 2.45) is 0 Å². The minimum Gasteiger partial charge on any atom is -0.393 e. The van der Waals surface area contributed by atoms with Crippen LogP contribution in [0.4, 0.5) is 10.5 Å². The molecule has 8 heteroatoms. The van der Waals surface area contributed by atoms with Gasteiger partial charge in [0, 0.05) is 12.1 Å². The highest BCUT2D eigenvalue weighted by Crippen LogP contribution is 2.18. The molecule has 0 aliphatic carbocycles. The van der Waals surface area contributed by atoms with Crippen molar-refractivity contribution in [1.82, 2.24) is 0 Å². The zero-order valence-corrected chi connectivity index (χ0v) is 12.8. The van der Waals surface area contributed by atoms with E-state index in [0.717, 1.165) is 0 Å². The first-order valence-corrected chi connectivity index (χ1v) is 9.57. The minimum atomic E-state index is -1.57. The second-order valence-corrected chi connectivity index (χ2v) is 10.8. The lowest BCUT2D eigenvalue weighted by Gasteiger charge is -2.22. The van der Waals surface area contributed by atoms with Crippen LogP contribution in [0.3, 0.4) is 0 Å².